The van der Waals surface area contributed by atoms with Crippen LogP contribution < -0.4 is 14.8 Å². The zero-order chi connectivity index (χ0) is 18.7. The van der Waals surface area contributed by atoms with Crippen molar-refractivity contribution >= 4 is 11.9 Å². The molecule has 0 bridgehead atoms. The second kappa shape index (κ2) is 7.38. The predicted octanol–water partition coefficient (Wildman–Crippen LogP) is 2.56. The molecule has 0 unspecified atom stereocenters. The maximum Gasteiger partial charge on any atom is 0.339 e. The second-order valence-electron chi connectivity index (χ2n) is 5.61. The van der Waals surface area contributed by atoms with Gasteiger partial charge in [0.2, 0.25) is 6.79 Å². The van der Waals surface area contributed by atoms with E-state index in [1.165, 1.54) is 6.92 Å². The van der Waals surface area contributed by atoms with Crippen molar-refractivity contribution in [3.8, 4) is 11.5 Å². The fourth-order valence-corrected chi connectivity index (χ4v) is 2.34. The van der Waals surface area contributed by atoms with Crippen molar-refractivity contribution in [2.45, 2.75) is 19.6 Å². The molecule has 1 heterocycles. The third-order valence-electron chi connectivity index (χ3n) is 3.66. The summed E-state index contributed by atoms with van der Waals surface area (Å²) < 4.78 is 41.7. The summed E-state index contributed by atoms with van der Waals surface area (Å²) in [6, 6.07) is 7.53. The molecule has 2 aromatic carbocycles. The lowest BCUT2D eigenvalue weighted by atomic mass is 10.2. The van der Waals surface area contributed by atoms with Gasteiger partial charge in [-0.25, -0.2) is 13.6 Å². The van der Waals surface area contributed by atoms with Crippen LogP contribution in [0.4, 0.5) is 8.78 Å². The van der Waals surface area contributed by atoms with Crippen molar-refractivity contribution in [1.29, 1.82) is 0 Å². The van der Waals surface area contributed by atoms with Crippen LogP contribution in [0.2, 0.25) is 0 Å². The number of hydrogen-bond donors (Lipinski definition) is 1. The Morgan fingerprint density at radius 2 is 1.81 bits per heavy atom. The molecule has 0 spiro atoms. The Bertz CT molecular complexity index is 835. The number of fused-ring (bicyclic) bond motifs is 1. The zero-order valence-corrected chi connectivity index (χ0v) is 13.8. The Morgan fingerprint density at radius 1 is 1.12 bits per heavy atom. The van der Waals surface area contributed by atoms with Gasteiger partial charge in [-0.2, -0.15) is 0 Å². The second-order valence-corrected chi connectivity index (χ2v) is 5.61. The van der Waals surface area contributed by atoms with Gasteiger partial charge in [0.15, 0.2) is 17.6 Å². The average molecular weight is 363 g/mol. The Kier molecular flexibility index (Phi) is 5.01. The van der Waals surface area contributed by atoms with Gasteiger partial charge < -0.3 is 19.5 Å². The summed E-state index contributed by atoms with van der Waals surface area (Å²) in [6.45, 7) is 1.70. The van der Waals surface area contributed by atoms with Crippen LogP contribution in [0.25, 0.3) is 0 Å². The molecular weight excluding hydrogens is 348 g/mol. The number of ether oxygens (including phenoxy) is 3. The predicted molar refractivity (Wildman–Crippen MR) is 85.6 cm³/mol. The molecule has 136 valence electrons. The molecule has 1 atom stereocenters. The number of benzene rings is 2. The minimum Gasteiger partial charge on any atom is -0.454 e. The van der Waals surface area contributed by atoms with Crippen LogP contribution in [-0.4, -0.2) is 24.8 Å². The molecule has 1 aliphatic rings. The van der Waals surface area contributed by atoms with Crippen molar-refractivity contribution in [2.75, 3.05) is 6.79 Å². The number of esters is 1. The standard InChI is InChI=1S/C18H15F2NO5/c1-10(26-18(23)12-5-13(19)7-14(20)6-12)17(22)21-8-11-2-3-15-16(4-11)25-9-24-15/h2-7,10H,8-9H2,1H3,(H,21,22)/t10-/m0/s1. The highest BCUT2D eigenvalue weighted by molar-refractivity contribution is 5.92. The van der Waals surface area contributed by atoms with E-state index >= 15 is 0 Å². The van der Waals surface area contributed by atoms with E-state index in [2.05, 4.69) is 5.32 Å². The summed E-state index contributed by atoms with van der Waals surface area (Å²) in [7, 11) is 0. The van der Waals surface area contributed by atoms with E-state index < -0.39 is 29.6 Å². The van der Waals surface area contributed by atoms with Crippen LogP contribution in [0.5, 0.6) is 11.5 Å². The van der Waals surface area contributed by atoms with E-state index in [1.54, 1.807) is 18.2 Å². The van der Waals surface area contributed by atoms with E-state index in [9.17, 15) is 18.4 Å². The Balaban J connectivity index is 1.55. The molecule has 1 aliphatic heterocycles. The molecule has 26 heavy (non-hydrogen) atoms. The van der Waals surface area contributed by atoms with E-state index in [0.717, 1.165) is 17.7 Å². The molecule has 0 aromatic heterocycles. The average Bonchev–Trinajstić information content (AvgIpc) is 3.06. The fraction of sp³-hybridized carbons (Fsp3) is 0.222. The highest BCUT2D eigenvalue weighted by Crippen LogP contribution is 2.32. The molecule has 0 saturated carbocycles. The molecule has 2 aromatic rings. The monoisotopic (exact) mass is 363 g/mol. The van der Waals surface area contributed by atoms with Crippen LogP contribution in [-0.2, 0) is 16.1 Å². The first kappa shape index (κ1) is 17.7. The summed E-state index contributed by atoms with van der Waals surface area (Å²) in [5, 5.41) is 2.61. The molecule has 6 nitrogen and oxygen atoms in total. The maximum absolute atomic E-state index is 13.1. The Hall–Kier alpha value is -3.16. The summed E-state index contributed by atoms with van der Waals surface area (Å²) >= 11 is 0. The lowest BCUT2D eigenvalue weighted by Gasteiger charge is -2.14. The fourth-order valence-electron chi connectivity index (χ4n) is 2.34. The topological polar surface area (TPSA) is 73.9 Å². The van der Waals surface area contributed by atoms with Gasteiger partial charge in [-0.1, -0.05) is 6.07 Å². The van der Waals surface area contributed by atoms with E-state index in [0.29, 0.717) is 17.6 Å². The number of nitrogens with one attached hydrogen (secondary N) is 1. The molecule has 8 heteroatoms. The van der Waals surface area contributed by atoms with Crippen LogP contribution in [0, 0.1) is 11.6 Å². The third kappa shape index (κ3) is 4.08. The normalized spacial score (nSPS) is 13.2. The summed E-state index contributed by atoms with van der Waals surface area (Å²) in [4.78, 5) is 24.0. The number of amides is 1. The van der Waals surface area contributed by atoms with Gasteiger partial charge >= 0.3 is 5.97 Å². The van der Waals surface area contributed by atoms with Gasteiger partial charge in [0.25, 0.3) is 5.91 Å². The molecule has 0 aliphatic carbocycles. The van der Waals surface area contributed by atoms with Crippen LogP contribution in [0.15, 0.2) is 36.4 Å². The number of carbonyl (C=O) groups is 2. The molecule has 1 N–H and O–H groups in total. The number of hydrogen-bond acceptors (Lipinski definition) is 5. The van der Waals surface area contributed by atoms with Gasteiger partial charge in [-0.05, 0) is 36.8 Å². The lowest BCUT2D eigenvalue weighted by Crippen LogP contribution is -2.35. The Labute approximate surface area is 147 Å². The lowest BCUT2D eigenvalue weighted by molar-refractivity contribution is -0.129. The van der Waals surface area contributed by atoms with Gasteiger partial charge in [-0.3, -0.25) is 4.79 Å². The molecule has 3 rings (SSSR count). The van der Waals surface area contributed by atoms with Gasteiger partial charge in [0, 0.05) is 12.6 Å². The van der Waals surface area contributed by atoms with E-state index in [-0.39, 0.29) is 18.9 Å². The van der Waals surface area contributed by atoms with Crippen molar-refractivity contribution in [3.63, 3.8) is 0 Å². The minimum absolute atomic E-state index is 0.152. The zero-order valence-electron chi connectivity index (χ0n) is 13.8. The molecule has 0 radical (unpaired) electrons. The molecule has 1 amide bonds. The number of rotatable bonds is 5. The number of halogens is 2. The minimum atomic E-state index is -1.14. The first-order chi connectivity index (χ1) is 12.4. The first-order valence-electron chi connectivity index (χ1n) is 7.75. The number of carbonyl (C=O) groups excluding carboxylic acids is 2. The summed E-state index contributed by atoms with van der Waals surface area (Å²) in [6.07, 6.45) is -1.14. The summed E-state index contributed by atoms with van der Waals surface area (Å²) in [5.74, 6) is -2.13. The van der Waals surface area contributed by atoms with Gasteiger partial charge in [0.05, 0.1) is 5.56 Å². The van der Waals surface area contributed by atoms with Crippen molar-refractivity contribution < 1.29 is 32.6 Å². The van der Waals surface area contributed by atoms with Crippen molar-refractivity contribution in [3.05, 3.63) is 59.2 Å². The third-order valence-corrected chi connectivity index (χ3v) is 3.66. The van der Waals surface area contributed by atoms with Crippen molar-refractivity contribution in [1.82, 2.24) is 5.32 Å². The Morgan fingerprint density at radius 3 is 2.54 bits per heavy atom. The smallest absolute Gasteiger partial charge is 0.339 e. The first-order valence-corrected chi connectivity index (χ1v) is 7.75. The highest BCUT2D eigenvalue weighted by Gasteiger charge is 2.20. The van der Waals surface area contributed by atoms with E-state index in [1.807, 2.05) is 0 Å². The van der Waals surface area contributed by atoms with Crippen LogP contribution in [0.3, 0.4) is 0 Å². The van der Waals surface area contributed by atoms with Gasteiger partial charge in [0.1, 0.15) is 11.6 Å². The van der Waals surface area contributed by atoms with E-state index in [4.69, 9.17) is 14.2 Å². The SMILES string of the molecule is C[C@H](OC(=O)c1cc(F)cc(F)c1)C(=O)NCc1ccc2c(c1)OCO2. The maximum atomic E-state index is 13.1. The van der Waals surface area contributed by atoms with Crippen LogP contribution in [0.1, 0.15) is 22.8 Å². The van der Waals surface area contributed by atoms with Crippen molar-refractivity contribution in [2.24, 2.45) is 0 Å². The quantitative estimate of drug-likeness (QED) is 0.827. The highest BCUT2D eigenvalue weighted by atomic mass is 19.1. The van der Waals surface area contributed by atoms with Gasteiger partial charge in [-0.15, -0.1) is 0 Å². The molecule has 0 fully saturated rings. The molecular formula is C18H15F2NO5. The largest absolute Gasteiger partial charge is 0.454 e. The molecule has 0 saturated heterocycles. The summed E-state index contributed by atoms with van der Waals surface area (Å²) in [5.41, 5.74) is 0.464. The van der Waals surface area contributed by atoms with Crippen LogP contribution >= 0.6 is 0 Å².